The number of aromatic carboxylic acids is 1. The number of rotatable bonds is 6. The molecule has 33 heavy (non-hydrogen) atoms. The van der Waals surface area contributed by atoms with Crippen molar-refractivity contribution in [2.24, 2.45) is 0 Å². The minimum absolute atomic E-state index is 0. The van der Waals surface area contributed by atoms with Crippen LogP contribution < -0.4 is 39.4 Å². The quantitative estimate of drug-likeness (QED) is 0.435. The van der Waals surface area contributed by atoms with Crippen LogP contribution in [0.1, 0.15) is 46.6 Å². The zero-order valence-corrected chi connectivity index (χ0v) is 22.7. The number of nitrogens with zero attached hydrogens (tertiary/aromatic N) is 1. The van der Waals surface area contributed by atoms with Crippen molar-refractivity contribution < 1.29 is 48.6 Å². The van der Waals surface area contributed by atoms with Gasteiger partial charge in [-0.05, 0) is 72.9 Å². The van der Waals surface area contributed by atoms with Crippen molar-refractivity contribution in [2.75, 3.05) is 0 Å². The molecule has 4 nitrogen and oxygen atoms in total. The summed E-state index contributed by atoms with van der Waals surface area (Å²) in [6.07, 6.45) is 2.38. The van der Waals surface area contributed by atoms with Crippen LogP contribution in [0.25, 0.3) is 11.1 Å². The van der Waals surface area contributed by atoms with Crippen molar-refractivity contribution >= 4 is 56.2 Å². The molecule has 1 heterocycles. The van der Waals surface area contributed by atoms with Gasteiger partial charge in [0.25, 0.3) is 0 Å². The predicted molar refractivity (Wildman–Crippen MR) is 124 cm³/mol. The van der Waals surface area contributed by atoms with E-state index in [4.69, 9.17) is 27.9 Å². The molecule has 0 saturated carbocycles. The van der Waals surface area contributed by atoms with E-state index in [2.05, 4.69) is 20.9 Å². The van der Waals surface area contributed by atoms with E-state index in [-0.39, 0.29) is 46.9 Å². The summed E-state index contributed by atoms with van der Waals surface area (Å²) in [6.45, 7) is 0.0360. The number of benzene rings is 2. The summed E-state index contributed by atoms with van der Waals surface area (Å²) in [5.74, 6) is -1.27. The third kappa shape index (κ3) is 5.99. The molecule has 0 atom stereocenters. The smallest absolute Gasteiger partial charge is 0.543 e. The van der Waals surface area contributed by atoms with E-state index in [0.717, 1.165) is 40.4 Å². The summed E-state index contributed by atoms with van der Waals surface area (Å²) in [5.41, 5.74) is 3.40. The maximum absolute atomic E-state index is 14.2. The first-order valence-electron chi connectivity index (χ1n) is 9.80. The summed E-state index contributed by atoms with van der Waals surface area (Å²) in [7, 11) is 0. The Kier molecular flexibility index (Phi) is 9.01. The second-order valence-electron chi connectivity index (χ2n) is 7.29. The van der Waals surface area contributed by atoms with Crippen molar-refractivity contribution in [3.05, 3.63) is 91.4 Å². The van der Waals surface area contributed by atoms with Gasteiger partial charge in [0.1, 0.15) is 23.9 Å². The van der Waals surface area contributed by atoms with Gasteiger partial charge in [0, 0.05) is 20.6 Å². The Hall–Kier alpha value is -1.41. The summed E-state index contributed by atoms with van der Waals surface area (Å²) in [4.78, 5) is 15.6. The van der Waals surface area contributed by atoms with Crippen LogP contribution in [-0.4, -0.2) is 11.0 Å². The Morgan fingerprint density at radius 1 is 1.09 bits per heavy atom. The van der Waals surface area contributed by atoms with E-state index >= 15 is 0 Å². The number of carbonyl (C=O) groups excluding carboxylic acids is 1. The minimum atomic E-state index is -1.42. The SMILES string of the molecule is O=C([O-])c1nc(C2=C(c3cc(Br)ccc3OCc3ccc(Cl)cc3F)CCC2)ccc1Cl.[Na+]. The predicted octanol–water partition coefficient (Wildman–Crippen LogP) is 3.33. The topological polar surface area (TPSA) is 62.2 Å². The number of pyridine rings is 1. The van der Waals surface area contributed by atoms with Gasteiger partial charge in [-0.3, -0.25) is 0 Å². The number of hydrogen-bond donors (Lipinski definition) is 0. The zero-order chi connectivity index (χ0) is 22.8. The molecule has 1 aliphatic carbocycles. The van der Waals surface area contributed by atoms with Gasteiger partial charge in [0.15, 0.2) is 0 Å². The number of ether oxygens (including phenoxy) is 1. The van der Waals surface area contributed by atoms with E-state index in [1.54, 1.807) is 18.2 Å². The Morgan fingerprint density at radius 2 is 1.85 bits per heavy atom. The van der Waals surface area contributed by atoms with E-state index in [1.807, 2.05) is 18.2 Å². The molecule has 0 radical (unpaired) electrons. The van der Waals surface area contributed by atoms with Crippen LogP contribution in [0, 0.1) is 5.82 Å². The fourth-order valence-corrected chi connectivity index (χ4v) is 4.44. The molecule has 3 aromatic rings. The molecule has 4 rings (SSSR count). The molecular formula is C24H16BrCl2FNNaO3. The van der Waals surface area contributed by atoms with E-state index in [1.165, 1.54) is 12.1 Å². The Morgan fingerprint density at radius 3 is 2.58 bits per heavy atom. The molecule has 0 unspecified atom stereocenters. The summed E-state index contributed by atoms with van der Waals surface area (Å²) in [6, 6.07) is 13.3. The number of carbonyl (C=O) groups is 1. The first kappa shape index (κ1) is 26.2. The first-order valence-corrected chi connectivity index (χ1v) is 11.4. The van der Waals surface area contributed by atoms with Gasteiger partial charge in [-0.15, -0.1) is 0 Å². The molecule has 0 spiro atoms. The van der Waals surface area contributed by atoms with Crippen LogP contribution in [-0.2, 0) is 6.61 Å². The van der Waals surface area contributed by atoms with Crippen LogP contribution in [0.3, 0.4) is 0 Å². The van der Waals surface area contributed by atoms with Crippen LogP contribution in [0.15, 0.2) is 53.0 Å². The van der Waals surface area contributed by atoms with Gasteiger partial charge in [0.2, 0.25) is 0 Å². The molecule has 2 aromatic carbocycles. The Labute approximate surface area is 231 Å². The molecule has 9 heteroatoms. The second kappa shape index (κ2) is 11.3. The van der Waals surface area contributed by atoms with E-state index in [9.17, 15) is 14.3 Å². The van der Waals surface area contributed by atoms with Crippen LogP contribution >= 0.6 is 39.1 Å². The average molecular weight is 559 g/mol. The van der Waals surface area contributed by atoms with Gasteiger partial charge < -0.3 is 14.6 Å². The zero-order valence-electron chi connectivity index (χ0n) is 17.6. The molecule has 1 aromatic heterocycles. The standard InChI is InChI=1S/C24H17BrCl2FNO3.Na/c25-14-5-9-22(32-12-13-4-6-15(26)11-20(13)28)18(10-14)16-2-1-3-17(16)21-8-7-19(27)23(29-21)24(30)31;/h4-11H,1-3,12H2,(H,30,31);/q;+1/p-1. The third-order valence-corrected chi connectivity index (χ3v) is 6.26. The van der Waals surface area contributed by atoms with Gasteiger partial charge in [-0.2, -0.15) is 0 Å². The van der Waals surface area contributed by atoms with Gasteiger partial charge in [-0.25, -0.2) is 9.37 Å². The van der Waals surface area contributed by atoms with E-state index < -0.39 is 11.8 Å². The fraction of sp³-hybridized carbons (Fsp3) is 0.167. The largest absolute Gasteiger partial charge is 1.00 e. The first-order chi connectivity index (χ1) is 15.3. The number of allylic oxidation sites excluding steroid dienone is 2. The fourth-order valence-electron chi connectivity index (χ4n) is 3.74. The second-order valence-corrected chi connectivity index (χ2v) is 9.05. The molecular weight excluding hydrogens is 543 g/mol. The van der Waals surface area contributed by atoms with Crippen molar-refractivity contribution in [1.29, 1.82) is 0 Å². The number of halogens is 4. The third-order valence-electron chi connectivity index (χ3n) is 5.23. The van der Waals surface area contributed by atoms with Gasteiger partial charge in [0.05, 0.1) is 16.7 Å². The molecule has 164 valence electrons. The Balaban J connectivity index is 0.00000306. The molecule has 0 amide bonds. The van der Waals surface area contributed by atoms with Gasteiger partial charge in [-0.1, -0.05) is 45.2 Å². The van der Waals surface area contributed by atoms with Crippen LogP contribution in [0.5, 0.6) is 5.75 Å². The molecule has 0 bridgehead atoms. The average Bonchev–Trinajstić information content (AvgIpc) is 3.23. The van der Waals surface area contributed by atoms with Crippen LogP contribution in [0.4, 0.5) is 4.39 Å². The molecule has 0 N–H and O–H groups in total. The maximum atomic E-state index is 14.2. The normalized spacial score (nSPS) is 13.1. The molecule has 0 aliphatic heterocycles. The number of carboxylic acids is 1. The molecule has 1 aliphatic rings. The summed E-state index contributed by atoms with van der Waals surface area (Å²) >= 11 is 15.3. The molecule has 0 fully saturated rings. The minimum Gasteiger partial charge on any atom is -0.543 e. The molecule has 0 saturated heterocycles. The number of aromatic nitrogens is 1. The summed E-state index contributed by atoms with van der Waals surface area (Å²) in [5, 5.41) is 11.7. The van der Waals surface area contributed by atoms with E-state index in [0.29, 0.717) is 22.0 Å². The van der Waals surface area contributed by atoms with Crippen molar-refractivity contribution in [2.45, 2.75) is 25.9 Å². The number of carboxylic acid groups (broad SMARTS) is 1. The number of hydrogen-bond acceptors (Lipinski definition) is 4. The maximum Gasteiger partial charge on any atom is 1.00 e. The Bertz CT molecular complexity index is 1250. The van der Waals surface area contributed by atoms with Crippen molar-refractivity contribution in [1.82, 2.24) is 4.98 Å². The van der Waals surface area contributed by atoms with Crippen molar-refractivity contribution in [3.63, 3.8) is 0 Å². The summed E-state index contributed by atoms with van der Waals surface area (Å²) < 4.78 is 21.0. The monoisotopic (exact) mass is 557 g/mol. The van der Waals surface area contributed by atoms with Crippen LogP contribution in [0.2, 0.25) is 10.0 Å². The van der Waals surface area contributed by atoms with Crippen molar-refractivity contribution in [3.8, 4) is 5.75 Å². The van der Waals surface area contributed by atoms with Gasteiger partial charge >= 0.3 is 29.6 Å².